The predicted molar refractivity (Wildman–Crippen MR) is 122 cm³/mol. The summed E-state index contributed by atoms with van der Waals surface area (Å²) in [6.45, 7) is 0.104. The minimum atomic E-state index is -1.10. The van der Waals surface area contributed by atoms with Gasteiger partial charge in [-0.1, -0.05) is 84.9 Å². The molecule has 0 aliphatic rings. The molecule has 0 aliphatic heterocycles. The van der Waals surface area contributed by atoms with Gasteiger partial charge in [-0.25, -0.2) is 9.59 Å². The SMILES string of the molecule is O=C(Nc1cc(-c2ccc(-c3ccccc3)cc2)sc1C(=O)O)OCc1ccccc1. The van der Waals surface area contributed by atoms with Crippen LogP contribution in [0.1, 0.15) is 15.2 Å². The van der Waals surface area contributed by atoms with Crippen LogP contribution >= 0.6 is 11.3 Å². The van der Waals surface area contributed by atoms with Crippen LogP contribution < -0.4 is 5.32 Å². The van der Waals surface area contributed by atoms with E-state index in [0.717, 1.165) is 38.5 Å². The summed E-state index contributed by atoms with van der Waals surface area (Å²) in [4.78, 5) is 24.7. The van der Waals surface area contributed by atoms with Gasteiger partial charge in [0, 0.05) is 4.88 Å². The van der Waals surface area contributed by atoms with Crippen LogP contribution in [0.25, 0.3) is 21.6 Å². The number of carboxylic acid groups (broad SMARTS) is 1. The fourth-order valence-corrected chi connectivity index (χ4v) is 4.07. The summed E-state index contributed by atoms with van der Waals surface area (Å²) in [6.07, 6.45) is -0.699. The van der Waals surface area contributed by atoms with Gasteiger partial charge < -0.3 is 9.84 Å². The summed E-state index contributed by atoms with van der Waals surface area (Å²) >= 11 is 1.11. The second kappa shape index (κ2) is 9.28. The van der Waals surface area contributed by atoms with Gasteiger partial charge in [0.25, 0.3) is 0 Å². The summed E-state index contributed by atoms with van der Waals surface area (Å²) in [5.41, 5.74) is 4.12. The number of benzene rings is 3. The largest absolute Gasteiger partial charge is 0.477 e. The lowest BCUT2D eigenvalue weighted by Crippen LogP contribution is -2.14. The molecule has 0 bridgehead atoms. The van der Waals surface area contributed by atoms with Crippen LogP contribution in [0.2, 0.25) is 0 Å². The van der Waals surface area contributed by atoms with Crippen molar-refractivity contribution in [2.75, 3.05) is 5.32 Å². The van der Waals surface area contributed by atoms with Crippen LogP contribution in [-0.4, -0.2) is 17.2 Å². The van der Waals surface area contributed by atoms with Gasteiger partial charge in [0.2, 0.25) is 0 Å². The van der Waals surface area contributed by atoms with Crippen molar-refractivity contribution >= 4 is 29.1 Å². The second-order valence-corrected chi connectivity index (χ2v) is 7.84. The highest BCUT2D eigenvalue weighted by Crippen LogP contribution is 2.36. The molecule has 1 aromatic heterocycles. The fourth-order valence-electron chi connectivity index (χ4n) is 3.11. The van der Waals surface area contributed by atoms with Crippen LogP contribution in [0.3, 0.4) is 0 Å². The van der Waals surface area contributed by atoms with Crippen molar-refractivity contribution in [3.05, 3.63) is 101 Å². The molecule has 0 unspecified atom stereocenters. The molecule has 154 valence electrons. The van der Waals surface area contributed by atoms with E-state index in [-0.39, 0.29) is 17.2 Å². The summed E-state index contributed by atoms with van der Waals surface area (Å²) in [5, 5.41) is 12.1. The molecule has 0 spiro atoms. The number of amides is 1. The molecule has 1 heterocycles. The molecular weight excluding hydrogens is 410 g/mol. The molecule has 5 nitrogen and oxygen atoms in total. The van der Waals surface area contributed by atoms with Crippen molar-refractivity contribution in [2.45, 2.75) is 6.61 Å². The van der Waals surface area contributed by atoms with Gasteiger partial charge >= 0.3 is 12.1 Å². The zero-order valence-corrected chi connectivity index (χ0v) is 17.3. The first-order valence-corrected chi connectivity index (χ1v) is 10.4. The van der Waals surface area contributed by atoms with E-state index in [1.807, 2.05) is 84.9 Å². The van der Waals surface area contributed by atoms with Crippen molar-refractivity contribution < 1.29 is 19.4 Å². The number of aromatic carboxylic acids is 1. The van der Waals surface area contributed by atoms with Crippen LogP contribution in [0.4, 0.5) is 10.5 Å². The lowest BCUT2D eigenvalue weighted by Gasteiger charge is -2.06. The highest BCUT2D eigenvalue weighted by Gasteiger charge is 2.19. The molecule has 0 radical (unpaired) electrons. The number of hydrogen-bond donors (Lipinski definition) is 2. The Bertz CT molecular complexity index is 1190. The number of nitrogens with one attached hydrogen (secondary N) is 1. The highest BCUT2D eigenvalue weighted by atomic mass is 32.1. The highest BCUT2D eigenvalue weighted by molar-refractivity contribution is 7.18. The van der Waals surface area contributed by atoms with E-state index in [9.17, 15) is 14.7 Å². The maximum absolute atomic E-state index is 12.2. The molecule has 1 amide bonds. The number of hydrogen-bond acceptors (Lipinski definition) is 4. The number of thiophene rings is 1. The number of carbonyl (C=O) groups excluding carboxylic acids is 1. The molecule has 3 aromatic carbocycles. The monoisotopic (exact) mass is 429 g/mol. The normalized spacial score (nSPS) is 10.5. The van der Waals surface area contributed by atoms with Gasteiger partial charge in [-0.05, 0) is 28.3 Å². The van der Waals surface area contributed by atoms with E-state index in [0.29, 0.717) is 0 Å². The first kappa shape index (κ1) is 20.4. The quantitative estimate of drug-likeness (QED) is 0.365. The third kappa shape index (κ3) is 4.99. The summed E-state index contributed by atoms with van der Waals surface area (Å²) in [5.74, 6) is -1.10. The van der Waals surface area contributed by atoms with E-state index in [2.05, 4.69) is 5.32 Å². The number of anilines is 1. The Kier molecular flexibility index (Phi) is 6.10. The molecule has 0 saturated carbocycles. The molecule has 31 heavy (non-hydrogen) atoms. The van der Waals surface area contributed by atoms with Crippen molar-refractivity contribution in [1.29, 1.82) is 0 Å². The predicted octanol–water partition coefficient (Wildman–Crippen LogP) is 6.53. The number of carboxylic acids is 1. The fraction of sp³-hybridized carbons (Fsp3) is 0.0400. The van der Waals surface area contributed by atoms with Crippen LogP contribution in [-0.2, 0) is 11.3 Å². The Hall–Kier alpha value is -3.90. The Labute approximate surface area is 183 Å². The van der Waals surface area contributed by atoms with Crippen LogP contribution in [0.15, 0.2) is 91.0 Å². The lowest BCUT2D eigenvalue weighted by atomic mass is 10.0. The van der Waals surface area contributed by atoms with E-state index < -0.39 is 12.1 Å². The lowest BCUT2D eigenvalue weighted by molar-refractivity contribution is 0.0703. The maximum atomic E-state index is 12.2. The van der Waals surface area contributed by atoms with E-state index in [1.165, 1.54) is 0 Å². The average Bonchev–Trinajstić information content (AvgIpc) is 3.23. The smallest absolute Gasteiger partial charge is 0.412 e. The Morgan fingerprint density at radius 3 is 2.03 bits per heavy atom. The number of ether oxygens (including phenoxy) is 1. The van der Waals surface area contributed by atoms with E-state index in [4.69, 9.17) is 4.74 Å². The van der Waals surface area contributed by atoms with Gasteiger partial charge in [0.15, 0.2) is 0 Å². The summed E-state index contributed by atoms with van der Waals surface area (Å²) in [7, 11) is 0. The molecule has 0 atom stereocenters. The van der Waals surface area contributed by atoms with Crippen molar-refractivity contribution in [2.24, 2.45) is 0 Å². The minimum absolute atomic E-state index is 0.0544. The molecule has 4 rings (SSSR count). The maximum Gasteiger partial charge on any atom is 0.412 e. The molecule has 2 N–H and O–H groups in total. The first-order chi connectivity index (χ1) is 15.1. The first-order valence-electron chi connectivity index (χ1n) is 9.61. The van der Waals surface area contributed by atoms with Gasteiger partial charge in [0.1, 0.15) is 11.5 Å². The van der Waals surface area contributed by atoms with Crippen molar-refractivity contribution in [1.82, 2.24) is 0 Å². The zero-order valence-electron chi connectivity index (χ0n) is 16.4. The number of rotatable bonds is 6. The summed E-state index contributed by atoms with van der Waals surface area (Å²) in [6, 6.07) is 28.8. The Morgan fingerprint density at radius 2 is 1.39 bits per heavy atom. The van der Waals surface area contributed by atoms with E-state index in [1.54, 1.807) is 6.07 Å². The minimum Gasteiger partial charge on any atom is -0.477 e. The van der Waals surface area contributed by atoms with Gasteiger partial charge in [-0.2, -0.15) is 0 Å². The molecule has 4 aromatic rings. The zero-order chi connectivity index (χ0) is 21.6. The molecule has 0 saturated heterocycles. The molecular formula is C25H19NO4S. The average molecular weight is 429 g/mol. The third-order valence-corrected chi connectivity index (χ3v) is 5.82. The van der Waals surface area contributed by atoms with Crippen LogP contribution in [0.5, 0.6) is 0 Å². The van der Waals surface area contributed by atoms with Crippen molar-refractivity contribution in [3.63, 3.8) is 0 Å². The van der Waals surface area contributed by atoms with Crippen molar-refractivity contribution in [3.8, 4) is 21.6 Å². The van der Waals surface area contributed by atoms with E-state index >= 15 is 0 Å². The van der Waals surface area contributed by atoms with Gasteiger partial charge in [-0.3, -0.25) is 5.32 Å². The topological polar surface area (TPSA) is 75.6 Å². The van der Waals surface area contributed by atoms with Crippen LogP contribution in [0, 0.1) is 0 Å². The number of carbonyl (C=O) groups is 2. The molecule has 0 fully saturated rings. The Morgan fingerprint density at radius 1 is 0.806 bits per heavy atom. The Balaban J connectivity index is 1.50. The molecule has 0 aliphatic carbocycles. The van der Waals surface area contributed by atoms with Gasteiger partial charge in [0.05, 0.1) is 5.69 Å². The summed E-state index contributed by atoms with van der Waals surface area (Å²) < 4.78 is 5.21. The third-order valence-electron chi connectivity index (χ3n) is 4.65. The standard InChI is InChI=1S/C25H19NO4S/c27-24(28)23-21(26-25(29)30-16-17-7-3-1-4-8-17)15-22(31-23)20-13-11-19(12-14-20)18-9-5-2-6-10-18/h1-15H,16H2,(H,26,29)(H,27,28). The van der Waals surface area contributed by atoms with Gasteiger partial charge in [-0.15, -0.1) is 11.3 Å². The molecule has 6 heteroatoms. The second-order valence-electron chi connectivity index (χ2n) is 6.79.